The summed E-state index contributed by atoms with van der Waals surface area (Å²) in [4.78, 5) is 0. The van der Waals surface area contributed by atoms with Crippen molar-refractivity contribution in [1.29, 1.82) is 0 Å². The molecular weight excluding hydrogens is 336 g/mol. The van der Waals surface area contributed by atoms with Gasteiger partial charge in [0.2, 0.25) is 0 Å². The standard InChI is InChI=1S/C18H18N6.ClH/c19-13-1-7-8(2-14(13)20)10-4-17(23)18(24)6-12(10)11-5-16(22)15(21)3-9(7)11;/h1-6H,19-24H2;1H. The zero-order valence-electron chi connectivity index (χ0n) is 13.3. The van der Waals surface area contributed by atoms with E-state index in [1.165, 1.54) is 0 Å². The fourth-order valence-electron chi connectivity index (χ4n) is 3.24. The lowest BCUT2D eigenvalue weighted by Gasteiger charge is -2.15. The number of benzene rings is 4. The maximum atomic E-state index is 6.02. The summed E-state index contributed by atoms with van der Waals surface area (Å²) in [5.41, 5.74) is 39.2. The second kappa shape index (κ2) is 5.39. The lowest BCUT2D eigenvalue weighted by molar-refractivity contribution is 1.70. The van der Waals surface area contributed by atoms with E-state index >= 15 is 0 Å². The van der Waals surface area contributed by atoms with E-state index in [-0.39, 0.29) is 12.4 Å². The smallest absolute Gasteiger partial charge is 0.0554 e. The Morgan fingerprint density at radius 3 is 0.560 bits per heavy atom. The van der Waals surface area contributed by atoms with E-state index in [2.05, 4.69) is 0 Å². The molecule has 0 atom stereocenters. The number of nitrogens with two attached hydrogens (primary N) is 6. The lowest BCUT2D eigenvalue weighted by atomic mass is 9.92. The van der Waals surface area contributed by atoms with E-state index in [1.807, 2.05) is 36.4 Å². The molecule has 128 valence electrons. The third-order valence-corrected chi connectivity index (χ3v) is 4.54. The first-order valence-corrected chi connectivity index (χ1v) is 7.45. The van der Waals surface area contributed by atoms with Gasteiger partial charge in [0, 0.05) is 0 Å². The molecule has 0 aliphatic heterocycles. The van der Waals surface area contributed by atoms with Crippen LogP contribution in [0.15, 0.2) is 36.4 Å². The number of nitrogen functional groups attached to an aromatic ring is 6. The summed E-state index contributed by atoms with van der Waals surface area (Å²) in [6, 6.07) is 11.1. The van der Waals surface area contributed by atoms with E-state index in [4.69, 9.17) is 34.4 Å². The quantitative estimate of drug-likeness (QED) is 0.210. The van der Waals surface area contributed by atoms with Crippen LogP contribution in [0.25, 0.3) is 32.3 Å². The molecule has 0 unspecified atom stereocenters. The van der Waals surface area contributed by atoms with Gasteiger partial charge in [0.05, 0.1) is 34.1 Å². The van der Waals surface area contributed by atoms with Crippen LogP contribution in [0.4, 0.5) is 34.1 Å². The monoisotopic (exact) mass is 354 g/mol. The lowest BCUT2D eigenvalue weighted by Crippen LogP contribution is -1.99. The van der Waals surface area contributed by atoms with Crippen molar-refractivity contribution in [3.8, 4) is 0 Å². The molecule has 4 rings (SSSR count). The topological polar surface area (TPSA) is 156 Å². The average Bonchev–Trinajstić information content (AvgIpc) is 2.53. The summed E-state index contributed by atoms with van der Waals surface area (Å²) >= 11 is 0. The Hall–Kier alpha value is -3.25. The van der Waals surface area contributed by atoms with E-state index < -0.39 is 0 Å². The van der Waals surface area contributed by atoms with E-state index in [1.54, 1.807) is 0 Å². The van der Waals surface area contributed by atoms with Crippen molar-refractivity contribution in [2.75, 3.05) is 34.4 Å². The molecule has 25 heavy (non-hydrogen) atoms. The molecule has 0 saturated heterocycles. The van der Waals surface area contributed by atoms with Crippen molar-refractivity contribution in [3.63, 3.8) is 0 Å². The zero-order valence-corrected chi connectivity index (χ0v) is 14.2. The fourth-order valence-corrected chi connectivity index (χ4v) is 3.24. The minimum Gasteiger partial charge on any atom is -0.397 e. The highest BCUT2D eigenvalue weighted by Gasteiger charge is 2.13. The molecule has 0 aliphatic carbocycles. The van der Waals surface area contributed by atoms with Crippen LogP contribution in [0, 0.1) is 0 Å². The number of fused-ring (bicyclic) bond motifs is 6. The molecule has 0 amide bonds. The Balaban J connectivity index is 0.00000182. The minimum absolute atomic E-state index is 0. The molecule has 0 saturated carbocycles. The largest absolute Gasteiger partial charge is 0.397 e. The predicted molar refractivity (Wildman–Crippen MR) is 113 cm³/mol. The summed E-state index contributed by atoms with van der Waals surface area (Å²) < 4.78 is 0. The van der Waals surface area contributed by atoms with Gasteiger partial charge in [0.1, 0.15) is 0 Å². The SMILES string of the molecule is Cl.Nc1cc2c3cc(N)c(N)cc3c3cc(N)c(N)cc3c2cc1N. The van der Waals surface area contributed by atoms with Crippen LogP contribution >= 0.6 is 12.4 Å². The van der Waals surface area contributed by atoms with E-state index in [9.17, 15) is 0 Å². The first kappa shape index (κ1) is 16.6. The summed E-state index contributed by atoms with van der Waals surface area (Å²) in [5.74, 6) is 0. The molecule has 0 heterocycles. The molecule has 12 N–H and O–H groups in total. The Kier molecular flexibility index (Phi) is 3.58. The predicted octanol–water partition coefficient (Wildman–Crippen LogP) is 3.06. The van der Waals surface area contributed by atoms with E-state index in [0.717, 1.165) is 32.3 Å². The Morgan fingerprint density at radius 2 is 0.440 bits per heavy atom. The maximum Gasteiger partial charge on any atom is 0.0554 e. The highest BCUT2D eigenvalue weighted by Crippen LogP contribution is 2.41. The van der Waals surface area contributed by atoms with Crippen LogP contribution in [0.1, 0.15) is 0 Å². The van der Waals surface area contributed by atoms with Crippen LogP contribution in [0.5, 0.6) is 0 Å². The minimum atomic E-state index is 0. The molecule has 6 nitrogen and oxygen atoms in total. The first-order chi connectivity index (χ1) is 11.4. The van der Waals surface area contributed by atoms with Gasteiger partial charge in [-0.1, -0.05) is 0 Å². The third-order valence-electron chi connectivity index (χ3n) is 4.54. The molecule has 4 aromatic carbocycles. The Bertz CT molecular complexity index is 902. The second-order valence-electron chi connectivity index (χ2n) is 6.08. The van der Waals surface area contributed by atoms with E-state index in [0.29, 0.717) is 34.1 Å². The van der Waals surface area contributed by atoms with Gasteiger partial charge in [-0.15, -0.1) is 12.4 Å². The van der Waals surface area contributed by atoms with Gasteiger partial charge in [0.25, 0.3) is 0 Å². The molecule has 0 radical (unpaired) electrons. The summed E-state index contributed by atoms with van der Waals surface area (Å²) in [6.07, 6.45) is 0. The molecule has 0 aromatic heterocycles. The van der Waals surface area contributed by atoms with Crippen molar-refractivity contribution in [2.45, 2.75) is 0 Å². The number of halogens is 1. The van der Waals surface area contributed by atoms with Crippen molar-refractivity contribution < 1.29 is 0 Å². The second-order valence-corrected chi connectivity index (χ2v) is 6.08. The highest BCUT2D eigenvalue weighted by atomic mass is 35.5. The van der Waals surface area contributed by atoms with Crippen molar-refractivity contribution in [3.05, 3.63) is 36.4 Å². The first-order valence-electron chi connectivity index (χ1n) is 7.45. The Labute approximate surface area is 150 Å². The van der Waals surface area contributed by atoms with Crippen LogP contribution in [-0.4, -0.2) is 0 Å². The van der Waals surface area contributed by atoms with Crippen LogP contribution in [-0.2, 0) is 0 Å². The van der Waals surface area contributed by atoms with Gasteiger partial charge < -0.3 is 34.4 Å². The number of hydrogen-bond acceptors (Lipinski definition) is 6. The van der Waals surface area contributed by atoms with Crippen LogP contribution in [0.2, 0.25) is 0 Å². The highest BCUT2D eigenvalue weighted by molar-refractivity contribution is 6.28. The molecule has 0 aliphatic rings. The summed E-state index contributed by atoms with van der Waals surface area (Å²) in [7, 11) is 0. The maximum absolute atomic E-state index is 6.02. The zero-order chi connectivity index (χ0) is 17.2. The van der Waals surface area contributed by atoms with Crippen molar-refractivity contribution in [2.24, 2.45) is 0 Å². The average molecular weight is 355 g/mol. The van der Waals surface area contributed by atoms with Crippen molar-refractivity contribution >= 4 is 78.8 Å². The molecule has 0 bridgehead atoms. The summed E-state index contributed by atoms with van der Waals surface area (Å²) in [5, 5.41) is 5.67. The molecule has 0 spiro atoms. The van der Waals surface area contributed by atoms with Gasteiger partial charge in [-0.3, -0.25) is 0 Å². The molecule has 7 heteroatoms. The van der Waals surface area contributed by atoms with Gasteiger partial charge in [-0.25, -0.2) is 0 Å². The number of rotatable bonds is 0. The van der Waals surface area contributed by atoms with Gasteiger partial charge in [-0.05, 0) is 68.7 Å². The normalized spacial score (nSPS) is 11.0. The number of anilines is 6. The Morgan fingerprint density at radius 1 is 0.320 bits per heavy atom. The van der Waals surface area contributed by atoms with Crippen LogP contribution < -0.4 is 34.4 Å². The van der Waals surface area contributed by atoms with Gasteiger partial charge in [-0.2, -0.15) is 0 Å². The van der Waals surface area contributed by atoms with Crippen molar-refractivity contribution in [1.82, 2.24) is 0 Å². The summed E-state index contributed by atoms with van der Waals surface area (Å²) in [6.45, 7) is 0. The third kappa shape index (κ3) is 2.27. The molecule has 0 fully saturated rings. The van der Waals surface area contributed by atoms with Gasteiger partial charge in [0.15, 0.2) is 0 Å². The fraction of sp³-hybridized carbons (Fsp3) is 0. The van der Waals surface area contributed by atoms with Crippen LogP contribution in [0.3, 0.4) is 0 Å². The molecular formula is C18H19ClN6. The number of hydrogen-bond donors (Lipinski definition) is 6. The molecule has 4 aromatic rings. The van der Waals surface area contributed by atoms with Gasteiger partial charge >= 0.3 is 0 Å².